The number of hydrogen-bond acceptors (Lipinski definition) is 4. The first-order chi connectivity index (χ1) is 13.9. The van der Waals surface area contributed by atoms with Crippen LogP contribution in [0.5, 0.6) is 5.75 Å². The third kappa shape index (κ3) is 3.69. The number of fused-ring (bicyclic) bond motifs is 1. The third-order valence-corrected chi connectivity index (χ3v) is 4.77. The fourth-order valence-electron chi connectivity index (χ4n) is 3.20. The van der Waals surface area contributed by atoms with E-state index in [0.29, 0.717) is 22.1 Å². The van der Waals surface area contributed by atoms with Gasteiger partial charge in [-0.05, 0) is 45.0 Å². The number of ether oxygens (including phenoxy) is 1. The molecule has 0 aliphatic heterocycles. The van der Waals surface area contributed by atoms with Crippen LogP contribution in [0, 0.1) is 20.8 Å². The molecule has 29 heavy (non-hydrogen) atoms. The number of benzene rings is 3. The number of aryl methyl sites for hydroxylation is 3. The van der Waals surface area contributed by atoms with Crippen LogP contribution < -0.4 is 10.2 Å². The predicted octanol–water partition coefficient (Wildman–Crippen LogP) is 5.60. The summed E-state index contributed by atoms with van der Waals surface area (Å²) >= 11 is 0. The van der Waals surface area contributed by atoms with Crippen LogP contribution in [0.25, 0.3) is 22.3 Å². The molecule has 0 aliphatic rings. The van der Waals surface area contributed by atoms with Crippen LogP contribution in [0.3, 0.4) is 0 Å². The highest BCUT2D eigenvalue weighted by Crippen LogP contribution is 2.32. The lowest BCUT2D eigenvalue weighted by atomic mass is 10.1. The van der Waals surface area contributed by atoms with Crippen molar-refractivity contribution in [3.8, 4) is 17.1 Å². The summed E-state index contributed by atoms with van der Waals surface area (Å²) in [6.45, 7) is 5.76. The summed E-state index contributed by atoms with van der Waals surface area (Å²) in [5.41, 5.74) is 4.05. The second kappa shape index (κ2) is 7.40. The fraction of sp³-hybridized carbons (Fsp3) is 0.120. The van der Waals surface area contributed by atoms with Crippen molar-refractivity contribution in [2.24, 2.45) is 0 Å². The molecule has 144 valence electrons. The first-order valence-corrected chi connectivity index (χ1v) is 9.36. The SMILES string of the molecule is Cc1ccc(-c2oc3ccc(C)cc3c(=O)c2OC(=O)c2cccc(C)c2)cc1. The molecule has 4 heteroatoms. The average Bonchev–Trinajstić information content (AvgIpc) is 2.71. The zero-order valence-corrected chi connectivity index (χ0v) is 16.5. The molecule has 4 rings (SSSR count). The molecule has 1 heterocycles. The minimum Gasteiger partial charge on any atom is -0.452 e. The van der Waals surface area contributed by atoms with Crippen molar-refractivity contribution in [3.05, 3.63) is 99.2 Å². The molecule has 0 bridgehead atoms. The van der Waals surface area contributed by atoms with E-state index < -0.39 is 5.97 Å². The van der Waals surface area contributed by atoms with Crippen LogP contribution in [0.1, 0.15) is 27.0 Å². The third-order valence-electron chi connectivity index (χ3n) is 4.77. The zero-order valence-electron chi connectivity index (χ0n) is 16.5. The maximum atomic E-state index is 13.2. The lowest BCUT2D eigenvalue weighted by molar-refractivity contribution is 0.0731. The van der Waals surface area contributed by atoms with Crippen LogP contribution in [0.15, 0.2) is 75.9 Å². The molecule has 0 aliphatic carbocycles. The number of esters is 1. The van der Waals surface area contributed by atoms with Gasteiger partial charge in [0, 0.05) is 5.56 Å². The Morgan fingerprint density at radius 2 is 1.52 bits per heavy atom. The van der Waals surface area contributed by atoms with Crippen molar-refractivity contribution in [3.63, 3.8) is 0 Å². The van der Waals surface area contributed by atoms with Crippen molar-refractivity contribution in [2.45, 2.75) is 20.8 Å². The molecule has 0 saturated heterocycles. The smallest absolute Gasteiger partial charge is 0.343 e. The molecule has 0 unspecified atom stereocenters. The Labute approximate surface area is 168 Å². The van der Waals surface area contributed by atoms with E-state index in [1.54, 1.807) is 30.3 Å². The van der Waals surface area contributed by atoms with Crippen molar-refractivity contribution < 1.29 is 13.9 Å². The zero-order chi connectivity index (χ0) is 20.5. The molecule has 0 amide bonds. The lowest BCUT2D eigenvalue weighted by Crippen LogP contribution is -2.16. The van der Waals surface area contributed by atoms with E-state index in [9.17, 15) is 9.59 Å². The highest BCUT2D eigenvalue weighted by molar-refractivity contribution is 5.93. The van der Waals surface area contributed by atoms with Gasteiger partial charge in [0.2, 0.25) is 11.2 Å². The standard InChI is InChI=1S/C25H20O4/c1-15-7-10-18(11-8-15)23-24(29-25(27)19-6-4-5-16(2)13-19)22(26)20-14-17(3)9-12-21(20)28-23/h4-14H,1-3H3. The highest BCUT2D eigenvalue weighted by Gasteiger charge is 2.21. The summed E-state index contributed by atoms with van der Waals surface area (Å²) in [7, 11) is 0. The Hall–Kier alpha value is -3.66. The molecule has 0 radical (unpaired) electrons. The van der Waals surface area contributed by atoms with Gasteiger partial charge in [-0.25, -0.2) is 4.79 Å². The summed E-state index contributed by atoms with van der Waals surface area (Å²) in [5, 5.41) is 0.382. The molecule has 4 nitrogen and oxygen atoms in total. The second-order valence-corrected chi connectivity index (χ2v) is 7.21. The molecular weight excluding hydrogens is 364 g/mol. The number of hydrogen-bond donors (Lipinski definition) is 0. The van der Waals surface area contributed by atoms with Gasteiger partial charge in [-0.15, -0.1) is 0 Å². The first kappa shape index (κ1) is 18.7. The molecular formula is C25H20O4. The van der Waals surface area contributed by atoms with Gasteiger partial charge < -0.3 is 9.15 Å². The molecule has 0 N–H and O–H groups in total. The van der Waals surface area contributed by atoms with Gasteiger partial charge in [0.25, 0.3) is 0 Å². The maximum absolute atomic E-state index is 13.2. The number of carbonyl (C=O) groups is 1. The normalized spacial score (nSPS) is 10.9. The molecule has 3 aromatic carbocycles. The fourth-order valence-corrected chi connectivity index (χ4v) is 3.20. The van der Waals surface area contributed by atoms with Gasteiger partial charge in [-0.1, -0.05) is 59.2 Å². The lowest BCUT2D eigenvalue weighted by Gasteiger charge is -2.11. The number of carbonyl (C=O) groups excluding carboxylic acids is 1. The average molecular weight is 384 g/mol. The van der Waals surface area contributed by atoms with E-state index in [1.165, 1.54) is 0 Å². The van der Waals surface area contributed by atoms with Crippen molar-refractivity contribution in [1.29, 1.82) is 0 Å². The van der Waals surface area contributed by atoms with Crippen LogP contribution in [-0.4, -0.2) is 5.97 Å². The van der Waals surface area contributed by atoms with Gasteiger partial charge in [0.15, 0.2) is 5.76 Å². The van der Waals surface area contributed by atoms with Gasteiger partial charge in [-0.3, -0.25) is 4.79 Å². The van der Waals surface area contributed by atoms with E-state index in [0.717, 1.165) is 16.7 Å². The Kier molecular flexibility index (Phi) is 4.77. The Balaban J connectivity index is 1.91. The maximum Gasteiger partial charge on any atom is 0.343 e. The van der Waals surface area contributed by atoms with Crippen molar-refractivity contribution >= 4 is 16.9 Å². The van der Waals surface area contributed by atoms with E-state index in [-0.39, 0.29) is 16.9 Å². The Bertz CT molecular complexity index is 1280. The second-order valence-electron chi connectivity index (χ2n) is 7.21. The van der Waals surface area contributed by atoms with Gasteiger partial charge >= 0.3 is 5.97 Å². The summed E-state index contributed by atoms with van der Waals surface area (Å²) < 4.78 is 11.6. The minimum absolute atomic E-state index is 0.0986. The quantitative estimate of drug-likeness (QED) is 0.431. The summed E-state index contributed by atoms with van der Waals surface area (Å²) in [6.07, 6.45) is 0. The van der Waals surface area contributed by atoms with Crippen molar-refractivity contribution in [2.75, 3.05) is 0 Å². The topological polar surface area (TPSA) is 56.5 Å². The first-order valence-electron chi connectivity index (χ1n) is 9.36. The van der Waals surface area contributed by atoms with Gasteiger partial charge in [0.1, 0.15) is 5.58 Å². The van der Waals surface area contributed by atoms with E-state index >= 15 is 0 Å². The van der Waals surface area contributed by atoms with E-state index in [4.69, 9.17) is 9.15 Å². The summed E-state index contributed by atoms with van der Waals surface area (Å²) in [4.78, 5) is 26.0. The number of rotatable bonds is 3. The summed E-state index contributed by atoms with van der Waals surface area (Å²) in [6, 6.07) is 20.0. The minimum atomic E-state index is -0.596. The highest BCUT2D eigenvalue weighted by atomic mass is 16.5. The molecule has 0 fully saturated rings. The monoisotopic (exact) mass is 384 g/mol. The van der Waals surface area contributed by atoms with Crippen LogP contribution >= 0.6 is 0 Å². The predicted molar refractivity (Wildman–Crippen MR) is 114 cm³/mol. The van der Waals surface area contributed by atoms with Gasteiger partial charge in [-0.2, -0.15) is 0 Å². The van der Waals surface area contributed by atoms with Crippen LogP contribution in [0.2, 0.25) is 0 Å². The van der Waals surface area contributed by atoms with Crippen LogP contribution in [0.4, 0.5) is 0 Å². The van der Waals surface area contributed by atoms with E-state index in [2.05, 4.69) is 0 Å². The van der Waals surface area contributed by atoms with Gasteiger partial charge in [0.05, 0.1) is 10.9 Å². The largest absolute Gasteiger partial charge is 0.452 e. The molecule has 0 atom stereocenters. The van der Waals surface area contributed by atoms with E-state index in [1.807, 2.05) is 57.2 Å². The summed E-state index contributed by atoms with van der Waals surface area (Å²) in [5.74, 6) is -0.452. The van der Waals surface area contributed by atoms with Crippen molar-refractivity contribution in [1.82, 2.24) is 0 Å². The molecule has 1 aromatic heterocycles. The Morgan fingerprint density at radius 1 is 0.828 bits per heavy atom. The van der Waals surface area contributed by atoms with Crippen LogP contribution in [-0.2, 0) is 0 Å². The Morgan fingerprint density at radius 3 is 2.24 bits per heavy atom. The molecule has 0 spiro atoms. The molecule has 0 saturated carbocycles. The molecule has 4 aromatic rings.